The van der Waals surface area contributed by atoms with Crippen molar-refractivity contribution >= 4 is 21.9 Å². The van der Waals surface area contributed by atoms with Crippen molar-refractivity contribution in [2.45, 2.75) is 32.3 Å². The van der Waals surface area contributed by atoms with Gasteiger partial charge in [0, 0.05) is 26.7 Å². The Morgan fingerprint density at radius 2 is 1.92 bits per heavy atom. The van der Waals surface area contributed by atoms with Crippen molar-refractivity contribution in [1.29, 1.82) is 0 Å². The molecule has 1 aromatic rings. The zero-order valence-electron chi connectivity index (χ0n) is 14.5. The van der Waals surface area contributed by atoms with E-state index in [1.54, 1.807) is 0 Å². The largest absolute Gasteiger partial charge is 0.481 e. The summed E-state index contributed by atoms with van der Waals surface area (Å²) in [6.45, 7) is 5.24. The van der Waals surface area contributed by atoms with Gasteiger partial charge in [-0.1, -0.05) is 13.8 Å². The van der Waals surface area contributed by atoms with Gasteiger partial charge < -0.3 is 14.8 Å². The van der Waals surface area contributed by atoms with E-state index in [0.717, 1.165) is 10.4 Å². The first-order valence-corrected chi connectivity index (χ1v) is 8.94. The maximum atomic E-state index is 12.2. The third kappa shape index (κ3) is 4.81. The maximum absolute atomic E-state index is 12.2. The summed E-state index contributed by atoms with van der Waals surface area (Å²) in [6.07, 6.45) is 0.431. The van der Waals surface area contributed by atoms with Gasteiger partial charge in [-0.2, -0.15) is 0 Å². The molecule has 0 fully saturated rings. The predicted octanol–water partition coefficient (Wildman–Crippen LogP) is 1.32. The number of furan rings is 1. The van der Waals surface area contributed by atoms with E-state index in [9.17, 15) is 23.1 Å². The van der Waals surface area contributed by atoms with Crippen molar-refractivity contribution in [3.8, 4) is 0 Å². The number of hydrogen-bond donors (Lipinski definition) is 2. The molecule has 0 aliphatic carbocycles. The molecule has 0 spiro atoms. The van der Waals surface area contributed by atoms with Gasteiger partial charge in [-0.25, -0.2) is 12.7 Å². The summed E-state index contributed by atoms with van der Waals surface area (Å²) in [5.74, 6) is -1.92. The van der Waals surface area contributed by atoms with Crippen molar-refractivity contribution < 1.29 is 27.5 Å². The first kappa shape index (κ1) is 20.2. The van der Waals surface area contributed by atoms with Crippen molar-refractivity contribution in [1.82, 2.24) is 9.62 Å². The molecule has 0 saturated heterocycles. The molecule has 0 aliphatic heterocycles. The number of carbonyl (C=O) groups excluding carboxylic acids is 1. The quantitative estimate of drug-likeness (QED) is 0.722. The molecule has 1 heterocycles. The van der Waals surface area contributed by atoms with Crippen LogP contribution in [0.15, 0.2) is 15.6 Å². The van der Waals surface area contributed by atoms with Crippen molar-refractivity contribution in [3.05, 3.63) is 17.4 Å². The highest BCUT2D eigenvalue weighted by atomic mass is 32.2. The molecule has 0 bridgehead atoms. The average Bonchev–Trinajstić information content (AvgIpc) is 2.85. The molecule has 0 radical (unpaired) electrons. The summed E-state index contributed by atoms with van der Waals surface area (Å²) in [4.78, 5) is 23.4. The highest BCUT2D eigenvalue weighted by molar-refractivity contribution is 7.88. The van der Waals surface area contributed by atoms with Crippen LogP contribution in [0, 0.1) is 18.8 Å². The number of nitrogens with zero attached hydrogens (tertiary/aromatic N) is 1. The number of carboxylic acids is 1. The monoisotopic (exact) mass is 360 g/mol. The first-order valence-electron chi connectivity index (χ1n) is 7.50. The number of amides is 1. The van der Waals surface area contributed by atoms with Crippen molar-refractivity contribution in [2.24, 2.45) is 11.8 Å². The minimum Gasteiger partial charge on any atom is -0.481 e. The third-order valence-corrected chi connectivity index (χ3v) is 5.16. The molecule has 0 aliphatic rings. The van der Waals surface area contributed by atoms with Crippen LogP contribution in [-0.4, -0.2) is 50.3 Å². The van der Waals surface area contributed by atoms with Gasteiger partial charge in [0.15, 0.2) is 0 Å². The second-order valence-electron chi connectivity index (χ2n) is 6.20. The third-order valence-electron chi connectivity index (χ3n) is 3.49. The van der Waals surface area contributed by atoms with Gasteiger partial charge in [0.2, 0.25) is 5.09 Å². The number of hydrogen-bond acceptors (Lipinski definition) is 5. The zero-order valence-corrected chi connectivity index (χ0v) is 15.3. The molecule has 1 unspecified atom stereocenters. The van der Waals surface area contributed by atoms with Gasteiger partial charge in [0.05, 0.1) is 11.5 Å². The molecule has 136 valence electrons. The average molecular weight is 360 g/mol. The van der Waals surface area contributed by atoms with Crippen LogP contribution in [0.25, 0.3) is 0 Å². The van der Waals surface area contributed by atoms with Crippen LogP contribution in [0.1, 0.15) is 36.4 Å². The van der Waals surface area contributed by atoms with Crippen LogP contribution in [0.5, 0.6) is 0 Å². The molecule has 0 aromatic carbocycles. The van der Waals surface area contributed by atoms with E-state index in [1.807, 2.05) is 13.8 Å². The van der Waals surface area contributed by atoms with E-state index in [2.05, 4.69) is 5.32 Å². The highest BCUT2D eigenvalue weighted by Crippen LogP contribution is 2.21. The second kappa shape index (κ2) is 7.80. The smallest absolute Gasteiger partial charge is 0.308 e. The topological polar surface area (TPSA) is 117 Å². The van der Waals surface area contributed by atoms with Crippen LogP contribution < -0.4 is 5.32 Å². The molecule has 1 atom stereocenters. The lowest BCUT2D eigenvalue weighted by molar-refractivity contribution is -0.142. The van der Waals surface area contributed by atoms with E-state index in [4.69, 9.17) is 4.42 Å². The summed E-state index contributed by atoms with van der Waals surface area (Å²) in [7, 11) is -1.07. The molecular weight excluding hydrogens is 336 g/mol. The Hall–Kier alpha value is -1.87. The Kier molecular flexibility index (Phi) is 6.56. The second-order valence-corrected chi connectivity index (χ2v) is 8.28. The number of nitrogens with one attached hydrogen (secondary N) is 1. The lowest BCUT2D eigenvalue weighted by Gasteiger charge is -2.15. The Labute approximate surface area is 141 Å². The fourth-order valence-electron chi connectivity index (χ4n) is 2.14. The number of rotatable bonds is 8. The van der Waals surface area contributed by atoms with Gasteiger partial charge in [-0.15, -0.1) is 0 Å². The summed E-state index contributed by atoms with van der Waals surface area (Å²) >= 11 is 0. The highest BCUT2D eigenvalue weighted by Gasteiger charge is 2.26. The van der Waals surface area contributed by atoms with E-state index in [1.165, 1.54) is 21.0 Å². The Bertz CT molecular complexity index is 706. The maximum Gasteiger partial charge on any atom is 0.308 e. The Morgan fingerprint density at radius 3 is 2.38 bits per heavy atom. The summed E-state index contributed by atoms with van der Waals surface area (Å²) in [6, 6.07) is 1.15. The Morgan fingerprint density at radius 1 is 1.33 bits per heavy atom. The van der Waals surface area contributed by atoms with E-state index in [-0.39, 0.29) is 28.9 Å². The predicted molar refractivity (Wildman–Crippen MR) is 87.2 cm³/mol. The minimum absolute atomic E-state index is 0.0350. The van der Waals surface area contributed by atoms with Gasteiger partial charge >= 0.3 is 5.97 Å². The Balaban J connectivity index is 2.89. The zero-order chi connectivity index (χ0) is 18.7. The van der Waals surface area contributed by atoms with Crippen LogP contribution in [0.4, 0.5) is 0 Å². The number of aryl methyl sites for hydroxylation is 1. The molecule has 1 rings (SSSR count). The molecule has 1 aromatic heterocycles. The summed E-state index contributed by atoms with van der Waals surface area (Å²) in [5.41, 5.74) is 0.0733. The first-order chi connectivity index (χ1) is 11.0. The number of carbonyl (C=O) groups is 2. The van der Waals surface area contributed by atoms with Crippen molar-refractivity contribution in [3.63, 3.8) is 0 Å². The lowest BCUT2D eigenvalue weighted by atomic mass is 9.97. The van der Waals surface area contributed by atoms with Gasteiger partial charge in [-0.05, 0) is 19.3 Å². The normalized spacial score (nSPS) is 13.3. The molecule has 24 heavy (non-hydrogen) atoms. The van der Waals surface area contributed by atoms with Crippen molar-refractivity contribution in [2.75, 3.05) is 20.6 Å². The number of carboxylic acid groups (broad SMARTS) is 1. The fourth-order valence-corrected chi connectivity index (χ4v) is 3.00. The minimum atomic E-state index is -3.78. The SMILES string of the molecule is Cc1oc(S(=O)(=O)N(C)C)cc1C(=O)NCC(CC(C)C)C(=O)O. The standard InChI is InChI=1S/C15H24N2O6S/c1-9(2)6-11(15(19)20)8-16-14(18)12-7-13(23-10(12)3)24(21,22)17(4)5/h7,9,11H,6,8H2,1-5H3,(H,16,18)(H,19,20). The van der Waals surface area contributed by atoms with Crippen LogP contribution in [0.2, 0.25) is 0 Å². The molecule has 2 N–H and O–H groups in total. The van der Waals surface area contributed by atoms with E-state index in [0.29, 0.717) is 6.42 Å². The number of sulfonamides is 1. The van der Waals surface area contributed by atoms with Gasteiger partial charge in [0.25, 0.3) is 15.9 Å². The fraction of sp³-hybridized carbons (Fsp3) is 0.600. The molecule has 9 heteroatoms. The van der Waals surface area contributed by atoms with Crippen LogP contribution >= 0.6 is 0 Å². The lowest BCUT2D eigenvalue weighted by Crippen LogP contribution is -2.33. The molecule has 8 nitrogen and oxygen atoms in total. The van der Waals surface area contributed by atoms with Crippen LogP contribution in [0.3, 0.4) is 0 Å². The molecular formula is C15H24N2O6S. The van der Waals surface area contributed by atoms with E-state index >= 15 is 0 Å². The number of aliphatic carboxylic acids is 1. The van der Waals surface area contributed by atoms with Gasteiger partial charge in [-0.3, -0.25) is 9.59 Å². The summed E-state index contributed by atoms with van der Waals surface area (Å²) in [5, 5.41) is 11.4. The van der Waals surface area contributed by atoms with E-state index < -0.39 is 27.8 Å². The molecule has 0 saturated carbocycles. The van der Waals surface area contributed by atoms with Crippen LogP contribution in [-0.2, 0) is 14.8 Å². The van der Waals surface area contributed by atoms with Gasteiger partial charge in [0.1, 0.15) is 5.76 Å². The summed E-state index contributed by atoms with van der Waals surface area (Å²) < 4.78 is 30.2. The molecule has 1 amide bonds.